The highest BCUT2D eigenvalue weighted by Crippen LogP contribution is 2.26. The summed E-state index contributed by atoms with van der Waals surface area (Å²) in [7, 11) is 1.94. The fourth-order valence-corrected chi connectivity index (χ4v) is 2.42. The Morgan fingerprint density at radius 2 is 2.00 bits per heavy atom. The van der Waals surface area contributed by atoms with Crippen molar-refractivity contribution >= 4 is 5.82 Å². The topological polar surface area (TPSA) is 70.6 Å². The molecule has 1 aromatic carbocycles. The molecule has 2 heterocycles. The van der Waals surface area contributed by atoms with Crippen LogP contribution in [0.15, 0.2) is 55.2 Å². The van der Waals surface area contributed by atoms with Crippen LogP contribution in [-0.4, -0.2) is 26.8 Å². The highest BCUT2D eigenvalue weighted by molar-refractivity contribution is 5.54. The van der Waals surface area contributed by atoms with E-state index in [-0.39, 0.29) is 6.04 Å². The summed E-state index contributed by atoms with van der Waals surface area (Å²) in [6.07, 6.45) is 4.87. The molecular weight excluding hydrogens is 288 g/mol. The average Bonchev–Trinajstić information content (AvgIpc) is 3.15. The SMILES string of the molecule is CC(c1ccc(-n2cncn2)cc1)N(C)c1ncccc1C#N. The number of benzene rings is 1. The number of hydrogen-bond donors (Lipinski definition) is 0. The Kier molecular flexibility index (Phi) is 4.02. The zero-order valence-corrected chi connectivity index (χ0v) is 13.0. The second-order valence-corrected chi connectivity index (χ2v) is 5.20. The third kappa shape index (κ3) is 2.90. The molecule has 0 bridgehead atoms. The number of anilines is 1. The first-order valence-electron chi connectivity index (χ1n) is 7.23. The number of rotatable bonds is 4. The molecule has 0 aliphatic rings. The van der Waals surface area contributed by atoms with Crippen molar-refractivity contribution < 1.29 is 0 Å². The lowest BCUT2D eigenvalue weighted by molar-refractivity contribution is 0.727. The quantitative estimate of drug-likeness (QED) is 0.741. The first-order chi connectivity index (χ1) is 11.2. The maximum Gasteiger partial charge on any atom is 0.146 e. The van der Waals surface area contributed by atoms with Crippen LogP contribution in [0.4, 0.5) is 5.82 Å². The molecular formula is C17H16N6. The van der Waals surface area contributed by atoms with E-state index in [4.69, 9.17) is 0 Å². The normalized spacial score (nSPS) is 11.7. The molecule has 1 atom stereocenters. The molecule has 1 unspecified atom stereocenters. The Morgan fingerprint density at radius 3 is 2.65 bits per heavy atom. The van der Waals surface area contributed by atoms with Gasteiger partial charge in [0, 0.05) is 13.2 Å². The Morgan fingerprint density at radius 1 is 1.22 bits per heavy atom. The van der Waals surface area contributed by atoms with Crippen LogP contribution in [0.2, 0.25) is 0 Å². The summed E-state index contributed by atoms with van der Waals surface area (Å²) < 4.78 is 1.71. The molecule has 6 heteroatoms. The molecule has 0 amide bonds. The highest BCUT2D eigenvalue weighted by atomic mass is 15.3. The molecule has 0 aliphatic carbocycles. The van der Waals surface area contributed by atoms with Crippen molar-refractivity contribution in [2.45, 2.75) is 13.0 Å². The van der Waals surface area contributed by atoms with Crippen LogP contribution in [0.25, 0.3) is 5.69 Å². The van der Waals surface area contributed by atoms with E-state index < -0.39 is 0 Å². The molecule has 3 rings (SSSR count). The molecule has 0 spiro atoms. The molecule has 2 aromatic heterocycles. The number of hydrogen-bond acceptors (Lipinski definition) is 5. The van der Waals surface area contributed by atoms with Crippen LogP contribution < -0.4 is 4.90 Å². The molecule has 3 aromatic rings. The van der Waals surface area contributed by atoms with E-state index in [0.29, 0.717) is 11.4 Å². The second-order valence-electron chi connectivity index (χ2n) is 5.20. The zero-order valence-electron chi connectivity index (χ0n) is 13.0. The summed E-state index contributed by atoms with van der Waals surface area (Å²) in [5.41, 5.74) is 2.66. The molecule has 0 aliphatic heterocycles. The molecule has 23 heavy (non-hydrogen) atoms. The van der Waals surface area contributed by atoms with E-state index in [1.165, 1.54) is 6.33 Å². The predicted octanol–water partition coefficient (Wildman–Crippen LogP) is 2.73. The summed E-state index contributed by atoms with van der Waals surface area (Å²) in [6.45, 7) is 2.08. The van der Waals surface area contributed by atoms with Crippen LogP contribution >= 0.6 is 0 Å². The van der Waals surface area contributed by atoms with Gasteiger partial charge >= 0.3 is 0 Å². The predicted molar refractivity (Wildman–Crippen MR) is 87.1 cm³/mol. The minimum absolute atomic E-state index is 0.0850. The van der Waals surface area contributed by atoms with Crippen LogP contribution in [-0.2, 0) is 0 Å². The third-order valence-corrected chi connectivity index (χ3v) is 3.88. The van der Waals surface area contributed by atoms with Crippen molar-refractivity contribution in [1.29, 1.82) is 5.26 Å². The van der Waals surface area contributed by atoms with E-state index in [9.17, 15) is 5.26 Å². The lowest BCUT2D eigenvalue weighted by Gasteiger charge is -2.27. The average molecular weight is 304 g/mol. The van der Waals surface area contributed by atoms with Crippen molar-refractivity contribution in [2.75, 3.05) is 11.9 Å². The van der Waals surface area contributed by atoms with Crippen LogP contribution in [0.5, 0.6) is 0 Å². The molecule has 6 nitrogen and oxygen atoms in total. The minimum atomic E-state index is 0.0850. The van der Waals surface area contributed by atoms with Gasteiger partial charge in [-0.05, 0) is 36.8 Å². The van der Waals surface area contributed by atoms with E-state index in [1.807, 2.05) is 36.2 Å². The first-order valence-corrected chi connectivity index (χ1v) is 7.23. The molecule has 0 fully saturated rings. The smallest absolute Gasteiger partial charge is 0.146 e. The molecule has 0 radical (unpaired) electrons. The highest BCUT2D eigenvalue weighted by Gasteiger charge is 2.16. The summed E-state index contributed by atoms with van der Waals surface area (Å²) in [6, 6.07) is 13.9. The largest absolute Gasteiger partial charge is 0.352 e. The first kappa shape index (κ1) is 14.7. The summed E-state index contributed by atoms with van der Waals surface area (Å²) in [5.74, 6) is 0.683. The number of pyridine rings is 1. The molecule has 0 saturated carbocycles. The van der Waals surface area contributed by atoms with Gasteiger partial charge < -0.3 is 4.90 Å². The standard InChI is InChI=1S/C17H16N6/c1-13(22(2)17-15(10-18)4-3-9-20-17)14-5-7-16(8-6-14)23-12-19-11-21-23/h3-9,11-13H,1-2H3. The summed E-state index contributed by atoms with van der Waals surface area (Å²) >= 11 is 0. The van der Waals surface area contributed by atoms with Crippen molar-refractivity contribution in [3.05, 3.63) is 66.4 Å². The number of aromatic nitrogens is 4. The Hall–Kier alpha value is -3.20. The fourth-order valence-electron chi connectivity index (χ4n) is 2.42. The molecule has 0 N–H and O–H groups in total. The van der Waals surface area contributed by atoms with Gasteiger partial charge in [-0.2, -0.15) is 10.4 Å². The van der Waals surface area contributed by atoms with Crippen LogP contribution in [0.3, 0.4) is 0 Å². The number of nitriles is 1. The maximum atomic E-state index is 9.23. The summed E-state index contributed by atoms with van der Waals surface area (Å²) in [5, 5.41) is 13.3. The van der Waals surface area contributed by atoms with Gasteiger partial charge in [-0.15, -0.1) is 0 Å². The third-order valence-electron chi connectivity index (χ3n) is 3.88. The lowest BCUT2D eigenvalue weighted by Crippen LogP contribution is -2.23. The van der Waals surface area contributed by atoms with Crippen molar-refractivity contribution in [3.8, 4) is 11.8 Å². The van der Waals surface area contributed by atoms with E-state index >= 15 is 0 Å². The zero-order chi connectivity index (χ0) is 16.2. The van der Waals surface area contributed by atoms with Crippen LogP contribution in [0.1, 0.15) is 24.1 Å². The van der Waals surface area contributed by atoms with Crippen molar-refractivity contribution in [3.63, 3.8) is 0 Å². The van der Waals surface area contributed by atoms with E-state index in [0.717, 1.165) is 11.3 Å². The molecule has 0 saturated heterocycles. The Balaban J connectivity index is 1.85. The van der Waals surface area contributed by atoms with Gasteiger partial charge in [-0.25, -0.2) is 14.6 Å². The van der Waals surface area contributed by atoms with Gasteiger partial charge in [0.2, 0.25) is 0 Å². The van der Waals surface area contributed by atoms with Gasteiger partial charge in [-0.3, -0.25) is 0 Å². The van der Waals surface area contributed by atoms with Gasteiger partial charge in [0.15, 0.2) is 0 Å². The van der Waals surface area contributed by atoms with Gasteiger partial charge in [-0.1, -0.05) is 12.1 Å². The van der Waals surface area contributed by atoms with E-state index in [2.05, 4.69) is 28.1 Å². The van der Waals surface area contributed by atoms with Gasteiger partial charge in [0.1, 0.15) is 24.5 Å². The molecule has 114 valence electrons. The summed E-state index contributed by atoms with van der Waals surface area (Å²) in [4.78, 5) is 10.3. The monoisotopic (exact) mass is 304 g/mol. The van der Waals surface area contributed by atoms with Crippen LogP contribution in [0, 0.1) is 11.3 Å². The lowest BCUT2D eigenvalue weighted by atomic mass is 10.1. The maximum absolute atomic E-state index is 9.23. The Bertz CT molecular complexity index is 817. The second kappa shape index (κ2) is 6.28. The fraction of sp³-hybridized carbons (Fsp3) is 0.176. The van der Waals surface area contributed by atoms with Gasteiger partial charge in [0.25, 0.3) is 0 Å². The minimum Gasteiger partial charge on any atom is -0.352 e. The van der Waals surface area contributed by atoms with Crippen molar-refractivity contribution in [1.82, 2.24) is 19.7 Å². The van der Waals surface area contributed by atoms with Crippen molar-refractivity contribution in [2.24, 2.45) is 0 Å². The van der Waals surface area contributed by atoms with E-state index in [1.54, 1.807) is 29.3 Å². The number of nitrogens with zero attached hydrogens (tertiary/aromatic N) is 6. The Labute approximate surface area is 134 Å². The van der Waals surface area contributed by atoms with Gasteiger partial charge in [0.05, 0.1) is 17.3 Å².